The zero-order valence-corrected chi connectivity index (χ0v) is 15.7. The van der Waals surface area contributed by atoms with Gasteiger partial charge in [0.15, 0.2) is 11.9 Å². The topological polar surface area (TPSA) is 76.4 Å². The van der Waals surface area contributed by atoms with Gasteiger partial charge in [0.25, 0.3) is 5.69 Å². The van der Waals surface area contributed by atoms with Crippen molar-refractivity contribution < 1.29 is 10.1 Å². The Kier molecular flexibility index (Phi) is 4.68. The van der Waals surface area contributed by atoms with Crippen LogP contribution in [-0.4, -0.2) is 15.5 Å². The van der Waals surface area contributed by atoms with Crippen molar-refractivity contribution >= 4 is 28.1 Å². The van der Waals surface area contributed by atoms with Gasteiger partial charge in [-0.05, 0) is 37.3 Å². The number of pyridine rings is 1. The predicted octanol–water partition coefficient (Wildman–Crippen LogP) is 4.87. The number of nitrogens with zero attached hydrogens (tertiary/aromatic N) is 4. The highest BCUT2D eigenvalue weighted by molar-refractivity contribution is 5.99. The summed E-state index contributed by atoms with van der Waals surface area (Å²) in [4.78, 5) is 7.75. The number of aryl methyl sites for hydroxylation is 2. The standard InChI is InChI=1S/C22H19N5O/c1-15-11-12-19-17(14-15)20(22(28)27(19)2)25-26-21(18-10-6-7-13-23-18)24-16-8-4-3-5-9-16/h3-14,28H,1-2H3/p+1. The molecule has 0 spiro atoms. The van der Waals surface area contributed by atoms with Crippen LogP contribution < -0.4 is 4.98 Å². The Morgan fingerprint density at radius 2 is 1.79 bits per heavy atom. The lowest BCUT2D eigenvalue weighted by Gasteiger charge is -1.97. The minimum atomic E-state index is 0.0699. The molecule has 2 aromatic carbocycles. The van der Waals surface area contributed by atoms with Gasteiger partial charge in [0.1, 0.15) is 0 Å². The van der Waals surface area contributed by atoms with E-state index in [1.165, 1.54) is 0 Å². The Bertz CT molecular complexity index is 1180. The van der Waals surface area contributed by atoms with E-state index in [-0.39, 0.29) is 5.88 Å². The number of nitrogens with one attached hydrogen (secondary N) is 1. The Balaban J connectivity index is 1.83. The Morgan fingerprint density at radius 3 is 2.54 bits per heavy atom. The molecule has 28 heavy (non-hydrogen) atoms. The van der Waals surface area contributed by atoms with Crippen molar-refractivity contribution in [1.29, 1.82) is 0 Å². The number of aromatic hydroxyl groups is 1. The average Bonchev–Trinajstić information content (AvgIpc) is 2.96. The zero-order chi connectivity index (χ0) is 19.5. The van der Waals surface area contributed by atoms with Gasteiger partial charge in [-0.2, -0.15) is 0 Å². The SMILES string of the molecule is Cc1ccc2c(c1)c(N=NC(=Nc1ccccc1)c1cccc[nH+]1)c(O)n2C. The van der Waals surface area contributed by atoms with Crippen LogP contribution in [0.1, 0.15) is 11.3 Å². The second-order valence-electron chi connectivity index (χ2n) is 6.50. The fraction of sp³-hybridized carbons (Fsp3) is 0.0909. The summed E-state index contributed by atoms with van der Waals surface area (Å²) in [6.45, 7) is 2.01. The monoisotopic (exact) mass is 370 g/mol. The molecular formula is C22H20N5O+. The minimum absolute atomic E-state index is 0.0699. The first kappa shape index (κ1) is 17.6. The lowest BCUT2D eigenvalue weighted by Crippen LogP contribution is -2.14. The smallest absolute Gasteiger partial charge is 0.250 e. The lowest BCUT2D eigenvalue weighted by molar-refractivity contribution is -0.380. The molecule has 0 atom stereocenters. The van der Waals surface area contributed by atoms with Crippen molar-refractivity contribution in [2.24, 2.45) is 22.3 Å². The molecule has 2 N–H and O–H groups in total. The molecule has 0 aliphatic carbocycles. The first-order valence-corrected chi connectivity index (χ1v) is 8.94. The van der Waals surface area contributed by atoms with Crippen LogP contribution in [-0.2, 0) is 7.05 Å². The molecule has 0 saturated heterocycles. The van der Waals surface area contributed by atoms with Crippen LogP contribution in [0, 0.1) is 6.92 Å². The summed E-state index contributed by atoms with van der Waals surface area (Å²) >= 11 is 0. The summed E-state index contributed by atoms with van der Waals surface area (Å²) in [5, 5.41) is 20.2. The van der Waals surface area contributed by atoms with Gasteiger partial charge in [-0.25, -0.2) is 9.98 Å². The Labute approximate surface area is 162 Å². The minimum Gasteiger partial charge on any atom is -0.493 e. The second-order valence-corrected chi connectivity index (χ2v) is 6.50. The molecule has 0 saturated carbocycles. The molecule has 0 aliphatic rings. The van der Waals surface area contributed by atoms with Crippen molar-refractivity contribution in [2.75, 3.05) is 0 Å². The van der Waals surface area contributed by atoms with E-state index in [0.29, 0.717) is 11.5 Å². The fourth-order valence-electron chi connectivity index (χ4n) is 3.02. The van der Waals surface area contributed by atoms with Gasteiger partial charge in [-0.3, -0.25) is 0 Å². The molecule has 138 valence electrons. The molecule has 6 nitrogen and oxygen atoms in total. The van der Waals surface area contributed by atoms with Crippen molar-refractivity contribution in [1.82, 2.24) is 4.57 Å². The zero-order valence-electron chi connectivity index (χ0n) is 15.7. The summed E-state index contributed by atoms with van der Waals surface area (Å²) < 4.78 is 1.70. The summed E-state index contributed by atoms with van der Waals surface area (Å²) in [6.07, 6.45) is 1.81. The van der Waals surface area contributed by atoms with E-state index in [2.05, 4.69) is 20.2 Å². The Hall–Kier alpha value is -3.80. The van der Waals surface area contributed by atoms with Crippen LogP contribution >= 0.6 is 0 Å². The number of aromatic nitrogens is 2. The molecule has 4 rings (SSSR count). The maximum absolute atomic E-state index is 10.5. The summed E-state index contributed by atoms with van der Waals surface area (Å²) in [5.41, 5.74) is 3.91. The van der Waals surface area contributed by atoms with E-state index in [0.717, 1.165) is 27.8 Å². The van der Waals surface area contributed by atoms with E-state index in [1.54, 1.807) is 11.6 Å². The van der Waals surface area contributed by atoms with Gasteiger partial charge in [0.2, 0.25) is 11.7 Å². The highest BCUT2D eigenvalue weighted by Gasteiger charge is 2.16. The van der Waals surface area contributed by atoms with Crippen LogP contribution in [0.4, 0.5) is 11.4 Å². The first-order chi connectivity index (χ1) is 13.6. The normalized spacial score (nSPS) is 12.1. The van der Waals surface area contributed by atoms with E-state index >= 15 is 0 Å². The van der Waals surface area contributed by atoms with Gasteiger partial charge >= 0.3 is 0 Å². The third-order valence-electron chi connectivity index (χ3n) is 4.48. The number of hydrogen-bond donors (Lipinski definition) is 1. The molecule has 0 bridgehead atoms. The third-order valence-corrected chi connectivity index (χ3v) is 4.48. The molecule has 0 amide bonds. The van der Waals surface area contributed by atoms with Gasteiger partial charge in [0.05, 0.1) is 11.2 Å². The number of hydrogen-bond acceptors (Lipinski definition) is 3. The molecule has 0 radical (unpaired) electrons. The number of fused-ring (bicyclic) bond motifs is 1. The van der Waals surface area contributed by atoms with Gasteiger partial charge < -0.3 is 9.67 Å². The molecule has 6 heteroatoms. The maximum atomic E-state index is 10.5. The maximum Gasteiger partial charge on any atom is 0.250 e. The van der Waals surface area contributed by atoms with Crippen molar-refractivity contribution in [3.8, 4) is 5.88 Å². The summed E-state index contributed by atoms with van der Waals surface area (Å²) in [6, 6.07) is 21.2. The van der Waals surface area contributed by atoms with E-state index in [1.807, 2.05) is 79.9 Å². The van der Waals surface area contributed by atoms with Crippen molar-refractivity contribution in [3.63, 3.8) is 0 Å². The number of azo groups is 1. The van der Waals surface area contributed by atoms with E-state index in [4.69, 9.17) is 0 Å². The van der Waals surface area contributed by atoms with Gasteiger partial charge in [-0.15, -0.1) is 10.2 Å². The number of aliphatic imine (C=N–C) groups is 1. The van der Waals surface area contributed by atoms with Crippen LogP contribution in [0.3, 0.4) is 0 Å². The average molecular weight is 370 g/mol. The molecule has 0 unspecified atom stereocenters. The van der Waals surface area contributed by atoms with Crippen molar-refractivity contribution in [2.45, 2.75) is 6.92 Å². The van der Waals surface area contributed by atoms with Crippen LogP contribution in [0.15, 0.2) is 88.1 Å². The fourth-order valence-corrected chi connectivity index (χ4v) is 3.02. The van der Waals surface area contributed by atoms with Crippen LogP contribution in [0.5, 0.6) is 5.88 Å². The highest BCUT2D eigenvalue weighted by atomic mass is 16.3. The van der Waals surface area contributed by atoms with E-state index in [9.17, 15) is 5.11 Å². The highest BCUT2D eigenvalue weighted by Crippen LogP contribution is 2.38. The van der Waals surface area contributed by atoms with E-state index < -0.39 is 0 Å². The van der Waals surface area contributed by atoms with Gasteiger partial charge in [0, 0.05) is 24.6 Å². The molecule has 4 aromatic rings. The predicted molar refractivity (Wildman–Crippen MR) is 109 cm³/mol. The third kappa shape index (κ3) is 3.40. The quantitative estimate of drug-likeness (QED) is 0.312. The van der Waals surface area contributed by atoms with Crippen LogP contribution in [0.25, 0.3) is 10.9 Å². The van der Waals surface area contributed by atoms with Crippen LogP contribution in [0.2, 0.25) is 0 Å². The Morgan fingerprint density at radius 1 is 1.00 bits per heavy atom. The number of rotatable bonds is 3. The lowest BCUT2D eigenvalue weighted by atomic mass is 10.1. The molecular weight excluding hydrogens is 350 g/mol. The van der Waals surface area contributed by atoms with Gasteiger partial charge in [-0.1, -0.05) is 29.8 Å². The molecule has 2 heterocycles. The number of para-hydroxylation sites is 1. The number of amidine groups is 1. The molecule has 2 aromatic heterocycles. The summed E-state index contributed by atoms with van der Waals surface area (Å²) in [5.74, 6) is 0.497. The number of benzene rings is 2. The van der Waals surface area contributed by atoms with Crippen molar-refractivity contribution in [3.05, 3.63) is 84.2 Å². The second kappa shape index (κ2) is 7.44. The largest absolute Gasteiger partial charge is 0.493 e. The molecule has 0 fully saturated rings. The number of aromatic amines is 1. The number of H-pyrrole nitrogens is 1. The summed E-state index contributed by atoms with van der Waals surface area (Å²) in [7, 11) is 1.80. The molecule has 0 aliphatic heterocycles. The first-order valence-electron chi connectivity index (χ1n) is 8.94.